The van der Waals surface area contributed by atoms with E-state index in [0.29, 0.717) is 17.1 Å². The van der Waals surface area contributed by atoms with Gasteiger partial charge in [-0.15, -0.1) is 0 Å². The quantitative estimate of drug-likeness (QED) is 0.151. The Balaban J connectivity index is 1.97. The van der Waals surface area contributed by atoms with E-state index < -0.39 is 12.3 Å². The molecule has 1 aliphatic heterocycles. The maximum atomic E-state index is 9.82. The highest BCUT2D eigenvalue weighted by molar-refractivity contribution is 5.70. The standard InChI is InChI=1S/C18H20N6O4/c19-17(20)23-6-5-9-1-4-13-14(7-9)27-15(16(28-13)24-18(21)22)10-2-3-11(25)12(26)8-10/h1-8,15-16,25-26H,(H4,19,20,23)(H4,21,22,24)/p+2/b6-5+/t15-,16+/m0/s1. The van der Waals surface area contributed by atoms with Crippen LogP contribution in [0.15, 0.2) is 42.6 Å². The summed E-state index contributed by atoms with van der Waals surface area (Å²) in [5, 5.41) is 19.4. The Morgan fingerprint density at radius 1 is 0.893 bits per heavy atom. The van der Waals surface area contributed by atoms with Crippen molar-refractivity contribution in [2.24, 2.45) is 22.9 Å². The number of ether oxygens (including phenoxy) is 2. The van der Waals surface area contributed by atoms with Crippen molar-refractivity contribution in [3.05, 3.63) is 53.7 Å². The van der Waals surface area contributed by atoms with E-state index in [9.17, 15) is 10.2 Å². The fourth-order valence-electron chi connectivity index (χ4n) is 2.68. The Labute approximate surface area is 160 Å². The summed E-state index contributed by atoms with van der Waals surface area (Å²) in [5.74, 6) is 0.447. The first kappa shape index (κ1) is 18.7. The number of hydrogen-bond donors (Lipinski definition) is 8. The van der Waals surface area contributed by atoms with Crippen LogP contribution < -0.4 is 42.4 Å². The molecule has 10 nitrogen and oxygen atoms in total. The van der Waals surface area contributed by atoms with Crippen molar-refractivity contribution in [3.63, 3.8) is 0 Å². The number of nitrogens with two attached hydrogens (primary N) is 4. The maximum Gasteiger partial charge on any atom is 0.343 e. The van der Waals surface area contributed by atoms with Crippen LogP contribution in [0.4, 0.5) is 0 Å². The molecule has 2 atom stereocenters. The molecule has 3 rings (SSSR count). The maximum absolute atomic E-state index is 9.82. The molecule has 0 unspecified atom stereocenters. The van der Waals surface area contributed by atoms with Gasteiger partial charge >= 0.3 is 11.9 Å². The van der Waals surface area contributed by atoms with Crippen LogP contribution in [0.25, 0.3) is 6.08 Å². The number of hydrogen-bond acceptors (Lipinski definition) is 4. The van der Waals surface area contributed by atoms with Crippen molar-refractivity contribution in [1.29, 1.82) is 0 Å². The van der Waals surface area contributed by atoms with Gasteiger partial charge in [-0.2, -0.15) is 0 Å². The molecule has 0 amide bonds. The smallest absolute Gasteiger partial charge is 0.343 e. The largest absolute Gasteiger partial charge is 0.504 e. The summed E-state index contributed by atoms with van der Waals surface area (Å²) in [4.78, 5) is 5.47. The molecule has 2 aromatic carbocycles. The Morgan fingerprint density at radius 3 is 2.36 bits per heavy atom. The van der Waals surface area contributed by atoms with Crippen LogP contribution in [-0.4, -0.2) is 28.4 Å². The Kier molecular flexibility index (Phi) is 5.12. The summed E-state index contributed by atoms with van der Waals surface area (Å²) >= 11 is 0. The minimum atomic E-state index is -0.754. The first-order chi connectivity index (χ1) is 13.3. The minimum absolute atomic E-state index is 0.0497. The molecule has 0 saturated carbocycles. The van der Waals surface area contributed by atoms with Gasteiger partial charge in [-0.05, 0) is 35.9 Å². The molecule has 12 N–H and O–H groups in total. The highest BCUT2D eigenvalue weighted by Crippen LogP contribution is 2.40. The predicted molar refractivity (Wildman–Crippen MR) is 102 cm³/mol. The molecule has 1 aliphatic rings. The molecule has 2 aromatic rings. The highest BCUT2D eigenvalue weighted by atomic mass is 16.6. The van der Waals surface area contributed by atoms with Crippen molar-refractivity contribution >= 4 is 18.0 Å². The van der Waals surface area contributed by atoms with E-state index in [4.69, 9.17) is 32.4 Å². The first-order valence-corrected chi connectivity index (χ1v) is 8.28. The summed E-state index contributed by atoms with van der Waals surface area (Å²) in [6, 6.07) is 9.64. The van der Waals surface area contributed by atoms with Crippen molar-refractivity contribution in [3.8, 4) is 23.0 Å². The average molecular weight is 386 g/mol. The molecule has 0 fully saturated rings. The number of guanidine groups is 2. The Hall–Kier alpha value is -4.08. The number of fused-ring (bicyclic) bond motifs is 1. The van der Waals surface area contributed by atoms with Gasteiger partial charge in [0.2, 0.25) is 0 Å². The topological polar surface area (TPSA) is 191 Å². The van der Waals surface area contributed by atoms with Gasteiger partial charge in [-0.25, -0.2) is 4.99 Å². The second kappa shape index (κ2) is 7.66. The van der Waals surface area contributed by atoms with Crippen LogP contribution in [0.2, 0.25) is 0 Å². The van der Waals surface area contributed by atoms with Gasteiger partial charge in [-0.3, -0.25) is 27.9 Å². The lowest BCUT2D eigenvalue weighted by Gasteiger charge is -2.31. The molecular formula is C18H22N6O4+2. The zero-order chi connectivity index (χ0) is 20.3. The monoisotopic (exact) mass is 386 g/mol. The molecule has 28 heavy (non-hydrogen) atoms. The van der Waals surface area contributed by atoms with E-state index in [1.807, 2.05) is 6.07 Å². The van der Waals surface area contributed by atoms with Crippen LogP contribution in [-0.2, 0) is 0 Å². The van der Waals surface area contributed by atoms with Gasteiger partial charge in [0.05, 0.1) is 6.20 Å². The second-order valence-corrected chi connectivity index (χ2v) is 6.06. The van der Waals surface area contributed by atoms with Gasteiger partial charge < -0.3 is 19.7 Å². The normalized spacial score (nSPS) is 17.9. The minimum Gasteiger partial charge on any atom is -0.504 e. The van der Waals surface area contributed by atoms with E-state index in [-0.39, 0.29) is 23.4 Å². The van der Waals surface area contributed by atoms with E-state index in [1.54, 1.807) is 30.5 Å². The molecule has 0 spiro atoms. The summed E-state index contributed by atoms with van der Waals surface area (Å²) in [6.07, 6.45) is 1.88. The third-order valence-electron chi connectivity index (χ3n) is 3.91. The zero-order valence-electron chi connectivity index (χ0n) is 14.8. The lowest BCUT2D eigenvalue weighted by atomic mass is 10.1. The number of aromatic hydroxyl groups is 2. The summed E-state index contributed by atoms with van der Waals surface area (Å²) in [6.45, 7) is 0. The Bertz CT molecular complexity index is 965. The summed E-state index contributed by atoms with van der Waals surface area (Å²) < 4.78 is 12.0. The van der Waals surface area contributed by atoms with Gasteiger partial charge in [0.25, 0.3) is 6.23 Å². The molecule has 10 heteroatoms. The number of benzene rings is 2. The van der Waals surface area contributed by atoms with Crippen molar-refractivity contribution < 1.29 is 29.7 Å². The zero-order valence-corrected chi connectivity index (χ0v) is 14.8. The van der Waals surface area contributed by atoms with Gasteiger partial charge in [0, 0.05) is 5.56 Å². The molecular weight excluding hydrogens is 364 g/mol. The van der Waals surface area contributed by atoms with Gasteiger partial charge in [0.1, 0.15) is 0 Å². The van der Waals surface area contributed by atoms with Crippen molar-refractivity contribution in [2.45, 2.75) is 12.3 Å². The number of phenolic OH excluding ortho intramolecular Hbond substituents is 2. The Morgan fingerprint density at radius 2 is 1.68 bits per heavy atom. The summed E-state index contributed by atoms with van der Waals surface area (Å²) in [5.41, 5.74) is 23.2. The van der Waals surface area contributed by atoms with Crippen LogP contribution in [0.1, 0.15) is 17.2 Å². The summed E-state index contributed by atoms with van der Waals surface area (Å²) in [7, 11) is 0. The fourth-order valence-corrected chi connectivity index (χ4v) is 2.68. The van der Waals surface area contributed by atoms with Crippen LogP contribution in [0.3, 0.4) is 0 Å². The SMILES string of the molecule is NC(N)=[NH+]/C=C/c1ccc2c(c1)O[C@@H](c1ccc(O)c(O)c1)[C@H]([NH+]=C(N)N)O2. The van der Waals surface area contributed by atoms with Crippen LogP contribution in [0.5, 0.6) is 23.0 Å². The molecule has 0 aromatic heterocycles. The van der Waals surface area contributed by atoms with E-state index >= 15 is 0 Å². The molecule has 0 radical (unpaired) electrons. The predicted octanol–water partition coefficient (Wildman–Crippen LogP) is -3.38. The van der Waals surface area contributed by atoms with E-state index in [1.165, 1.54) is 12.1 Å². The lowest BCUT2D eigenvalue weighted by Crippen LogP contribution is -2.87. The average Bonchev–Trinajstić information content (AvgIpc) is 2.63. The van der Waals surface area contributed by atoms with Gasteiger partial charge in [-0.1, -0.05) is 12.1 Å². The number of rotatable bonds is 4. The highest BCUT2D eigenvalue weighted by Gasteiger charge is 2.34. The fraction of sp³-hybridized carbons (Fsp3) is 0.111. The number of phenols is 2. The molecule has 0 bridgehead atoms. The van der Waals surface area contributed by atoms with E-state index in [2.05, 4.69) is 9.98 Å². The van der Waals surface area contributed by atoms with Gasteiger partial charge in [0.15, 0.2) is 29.1 Å². The molecule has 0 aliphatic carbocycles. The number of nitrogens with one attached hydrogen (secondary N) is 2. The molecule has 1 heterocycles. The van der Waals surface area contributed by atoms with Crippen molar-refractivity contribution in [2.75, 3.05) is 0 Å². The van der Waals surface area contributed by atoms with Crippen LogP contribution >= 0.6 is 0 Å². The van der Waals surface area contributed by atoms with Crippen molar-refractivity contribution in [1.82, 2.24) is 0 Å². The third kappa shape index (κ3) is 4.18. The second-order valence-electron chi connectivity index (χ2n) is 6.06. The van der Waals surface area contributed by atoms with Crippen LogP contribution in [0, 0.1) is 0 Å². The molecule has 0 saturated heterocycles. The lowest BCUT2D eigenvalue weighted by molar-refractivity contribution is -0.565. The third-order valence-corrected chi connectivity index (χ3v) is 3.91. The molecule has 146 valence electrons. The first-order valence-electron chi connectivity index (χ1n) is 8.28. The van der Waals surface area contributed by atoms with E-state index in [0.717, 1.165) is 5.56 Å².